The zero-order valence-corrected chi connectivity index (χ0v) is 13.9. The van der Waals surface area contributed by atoms with Crippen LogP contribution in [0.4, 0.5) is 0 Å². The van der Waals surface area contributed by atoms with Gasteiger partial charge in [-0.1, -0.05) is 6.92 Å². The smallest absolute Gasteiger partial charge is 0.329 e. The molecule has 2 amide bonds. The summed E-state index contributed by atoms with van der Waals surface area (Å²) in [5, 5.41) is 11.8. The Kier molecular flexibility index (Phi) is 6.34. The molecule has 0 aromatic heterocycles. The van der Waals surface area contributed by atoms with Gasteiger partial charge < -0.3 is 20.2 Å². The number of likely N-dealkylation sites (tertiary alicyclic amines) is 1. The van der Waals surface area contributed by atoms with Crippen molar-refractivity contribution in [3.63, 3.8) is 0 Å². The Morgan fingerprint density at radius 2 is 2.09 bits per heavy atom. The molecule has 1 fully saturated rings. The highest BCUT2D eigenvalue weighted by Crippen LogP contribution is 2.20. The molecule has 0 spiro atoms. The second-order valence-electron chi connectivity index (χ2n) is 6.38. The van der Waals surface area contributed by atoms with Crippen molar-refractivity contribution in [1.82, 2.24) is 15.1 Å². The Morgan fingerprint density at radius 1 is 1.45 bits per heavy atom. The van der Waals surface area contributed by atoms with Crippen LogP contribution in [0.3, 0.4) is 0 Å². The number of carbonyl (C=O) groups is 3. The summed E-state index contributed by atoms with van der Waals surface area (Å²) in [6.07, 6.45) is 1.31. The van der Waals surface area contributed by atoms with E-state index < -0.39 is 17.4 Å². The molecule has 0 bridgehead atoms. The average Bonchev–Trinajstić information content (AvgIpc) is 2.79. The molecule has 2 N–H and O–H groups in total. The number of hydrogen-bond acceptors (Lipinski definition) is 4. The van der Waals surface area contributed by atoms with Crippen molar-refractivity contribution in [2.45, 2.75) is 38.6 Å². The predicted molar refractivity (Wildman–Crippen MR) is 82.3 cm³/mol. The van der Waals surface area contributed by atoms with Gasteiger partial charge in [0.05, 0.1) is 5.92 Å². The first-order chi connectivity index (χ1) is 10.2. The zero-order valence-electron chi connectivity index (χ0n) is 13.9. The van der Waals surface area contributed by atoms with Gasteiger partial charge in [0.25, 0.3) is 0 Å². The van der Waals surface area contributed by atoms with Gasteiger partial charge in [-0.05, 0) is 40.4 Å². The van der Waals surface area contributed by atoms with Crippen molar-refractivity contribution in [3.8, 4) is 0 Å². The third-order valence-electron chi connectivity index (χ3n) is 4.20. The fourth-order valence-corrected chi connectivity index (χ4v) is 2.41. The molecule has 0 radical (unpaired) electrons. The molecule has 0 saturated carbocycles. The molecule has 1 saturated heterocycles. The van der Waals surface area contributed by atoms with Gasteiger partial charge in [0, 0.05) is 19.5 Å². The molecule has 2 unspecified atom stereocenters. The molecular weight excluding hydrogens is 286 g/mol. The molecule has 1 rings (SSSR count). The third kappa shape index (κ3) is 4.69. The number of hydrogen-bond donors (Lipinski definition) is 2. The van der Waals surface area contributed by atoms with Crippen LogP contribution in [0.25, 0.3) is 0 Å². The van der Waals surface area contributed by atoms with Crippen LogP contribution in [0.5, 0.6) is 0 Å². The fraction of sp³-hybridized carbons (Fsp3) is 0.800. The van der Waals surface area contributed by atoms with Crippen LogP contribution in [0.1, 0.15) is 33.1 Å². The molecule has 1 aliphatic rings. The van der Waals surface area contributed by atoms with E-state index in [4.69, 9.17) is 0 Å². The largest absolute Gasteiger partial charge is 0.480 e. The van der Waals surface area contributed by atoms with Crippen molar-refractivity contribution in [2.24, 2.45) is 5.92 Å². The van der Waals surface area contributed by atoms with Crippen LogP contribution in [0.2, 0.25) is 0 Å². The van der Waals surface area contributed by atoms with E-state index >= 15 is 0 Å². The second-order valence-corrected chi connectivity index (χ2v) is 6.38. The topological polar surface area (TPSA) is 90.0 Å². The summed E-state index contributed by atoms with van der Waals surface area (Å²) < 4.78 is 0. The predicted octanol–water partition coefficient (Wildman–Crippen LogP) is 0.156. The number of rotatable bonds is 8. The van der Waals surface area contributed by atoms with E-state index in [-0.39, 0.29) is 18.2 Å². The highest BCUT2D eigenvalue weighted by atomic mass is 16.4. The van der Waals surface area contributed by atoms with Crippen LogP contribution in [-0.2, 0) is 14.4 Å². The average molecular weight is 313 g/mol. The van der Waals surface area contributed by atoms with E-state index in [1.54, 1.807) is 11.8 Å². The number of carbonyl (C=O) groups excluding carboxylic acids is 2. The minimum atomic E-state index is -1.28. The second kappa shape index (κ2) is 7.58. The minimum absolute atomic E-state index is 0.0348. The summed E-state index contributed by atoms with van der Waals surface area (Å²) in [4.78, 5) is 39.2. The van der Waals surface area contributed by atoms with Crippen molar-refractivity contribution in [1.29, 1.82) is 0 Å². The molecule has 0 aromatic carbocycles. The summed E-state index contributed by atoms with van der Waals surface area (Å²) in [6, 6.07) is 0. The standard InChI is InChI=1S/C15H27N3O4/c1-5-15(2,14(21)22)16-13(20)11-9-12(19)18(10-11)8-6-7-17(3)4/h11H,5-10H2,1-4H3,(H,16,20)(H,21,22). The van der Waals surface area contributed by atoms with Gasteiger partial charge in [-0.3, -0.25) is 9.59 Å². The maximum absolute atomic E-state index is 12.2. The highest BCUT2D eigenvalue weighted by molar-refractivity contribution is 5.92. The Balaban J connectivity index is 2.55. The first-order valence-electron chi connectivity index (χ1n) is 7.67. The van der Waals surface area contributed by atoms with E-state index in [1.807, 2.05) is 19.0 Å². The van der Waals surface area contributed by atoms with E-state index in [2.05, 4.69) is 5.32 Å². The van der Waals surface area contributed by atoms with Gasteiger partial charge in [0.15, 0.2) is 0 Å². The highest BCUT2D eigenvalue weighted by Gasteiger charge is 2.39. The van der Waals surface area contributed by atoms with E-state index in [0.29, 0.717) is 19.5 Å². The zero-order chi connectivity index (χ0) is 16.9. The Labute approximate surface area is 131 Å². The molecule has 7 nitrogen and oxygen atoms in total. The van der Waals surface area contributed by atoms with E-state index in [0.717, 1.165) is 13.0 Å². The van der Waals surface area contributed by atoms with Crippen molar-refractivity contribution in [3.05, 3.63) is 0 Å². The lowest BCUT2D eigenvalue weighted by Gasteiger charge is -2.26. The molecule has 0 aliphatic carbocycles. The van der Waals surface area contributed by atoms with Crippen LogP contribution < -0.4 is 5.32 Å². The molecule has 2 atom stereocenters. The van der Waals surface area contributed by atoms with E-state index in [9.17, 15) is 19.5 Å². The third-order valence-corrected chi connectivity index (χ3v) is 4.20. The maximum Gasteiger partial charge on any atom is 0.329 e. The number of carboxylic acid groups (broad SMARTS) is 1. The SMILES string of the molecule is CCC(C)(NC(=O)C1CC(=O)N(CCCN(C)C)C1)C(=O)O. The van der Waals surface area contributed by atoms with Gasteiger partial charge in [-0.25, -0.2) is 4.79 Å². The van der Waals surface area contributed by atoms with Crippen molar-refractivity contribution < 1.29 is 19.5 Å². The number of nitrogens with one attached hydrogen (secondary N) is 1. The minimum Gasteiger partial charge on any atom is -0.480 e. The first kappa shape index (κ1) is 18.4. The Bertz CT molecular complexity index is 439. The Morgan fingerprint density at radius 3 is 2.59 bits per heavy atom. The lowest BCUT2D eigenvalue weighted by atomic mass is 9.97. The fourth-order valence-electron chi connectivity index (χ4n) is 2.41. The molecule has 1 aliphatic heterocycles. The number of carboxylic acids is 1. The summed E-state index contributed by atoms with van der Waals surface area (Å²) in [7, 11) is 3.94. The van der Waals surface area contributed by atoms with Gasteiger partial charge in [0.2, 0.25) is 11.8 Å². The first-order valence-corrected chi connectivity index (χ1v) is 7.67. The molecular formula is C15H27N3O4. The molecule has 126 valence electrons. The van der Waals surface area contributed by atoms with Crippen LogP contribution in [-0.4, -0.2) is 72.0 Å². The summed E-state index contributed by atoms with van der Waals surface area (Å²) in [5.74, 6) is -1.91. The van der Waals surface area contributed by atoms with Gasteiger partial charge >= 0.3 is 5.97 Å². The normalized spacial score (nSPS) is 21.0. The van der Waals surface area contributed by atoms with Crippen molar-refractivity contribution in [2.75, 3.05) is 33.7 Å². The van der Waals surface area contributed by atoms with Crippen LogP contribution in [0, 0.1) is 5.92 Å². The molecule has 7 heteroatoms. The van der Waals surface area contributed by atoms with Crippen LogP contribution >= 0.6 is 0 Å². The van der Waals surface area contributed by atoms with Crippen LogP contribution in [0.15, 0.2) is 0 Å². The summed E-state index contributed by atoms with van der Waals surface area (Å²) >= 11 is 0. The van der Waals surface area contributed by atoms with Gasteiger partial charge in [-0.2, -0.15) is 0 Å². The van der Waals surface area contributed by atoms with Gasteiger partial charge in [-0.15, -0.1) is 0 Å². The Hall–Kier alpha value is -1.63. The van der Waals surface area contributed by atoms with Gasteiger partial charge in [0.1, 0.15) is 5.54 Å². The summed E-state index contributed by atoms with van der Waals surface area (Å²) in [5.41, 5.74) is -1.28. The maximum atomic E-state index is 12.2. The number of amides is 2. The van der Waals surface area contributed by atoms with E-state index in [1.165, 1.54) is 6.92 Å². The summed E-state index contributed by atoms with van der Waals surface area (Å²) in [6.45, 7) is 5.08. The quantitative estimate of drug-likeness (QED) is 0.666. The monoisotopic (exact) mass is 313 g/mol. The molecule has 1 heterocycles. The lowest BCUT2D eigenvalue weighted by Crippen LogP contribution is -2.53. The number of nitrogens with zero attached hydrogens (tertiary/aromatic N) is 2. The molecule has 0 aromatic rings. The molecule has 22 heavy (non-hydrogen) atoms. The van der Waals surface area contributed by atoms with Crippen molar-refractivity contribution >= 4 is 17.8 Å². The number of aliphatic carboxylic acids is 1. The lowest BCUT2D eigenvalue weighted by molar-refractivity contribution is -0.147.